The van der Waals surface area contributed by atoms with Crippen molar-refractivity contribution in [1.82, 2.24) is 0 Å². The first-order valence-electron chi connectivity index (χ1n) is 10.5. The Labute approximate surface area is 223 Å². The Hall–Kier alpha value is -2.84. The number of carbonyl (C=O) groups is 2. The number of nitrogens with zero attached hydrogens (tertiary/aromatic N) is 1. The first-order valence-corrected chi connectivity index (χ1v) is 12.5. The van der Waals surface area contributed by atoms with E-state index in [1.54, 1.807) is 48.5 Å². The van der Waals surface area contributed by atoms with Crippen molar-refractivity contribution >= 4 is 80.8 Å². The minimum atomic E-state index is -0.289. The Bertz CT molecular complexity index is 1360. The van der Waals surface area contributed by atoms with E-state index in [1.807, 2.05) is 32.0 Å². The van der Waals surface area contributed by atoms with Crippen molar-refractivity contribution in [3.05, 3.63) is 92.3 Å². The zero-order chi connectivity index (χ0) is 25.1. The highest BCUT2D eigenvalue weighted by molar-refractivity contribution is 8.27. The number of hydrogen-bond donors (Lipinski definition) is 1. The van der Waals surface area contributed by atoms with Crippen LogP contribution in [0.1, 0.15) is 16.7 Å². The van der Waals surface area contributed by atoms with E-state index in [0.29, 0.717) is 36.3 Å². The average molecular weight is 543 g/mol. The lowest BCUT2D eigenvalue weighted by molar-refractivity contribution is -0.118. The highest BCUT2D eigenvalue weighted by Gasteiger charge is 2.33. The lowest BCUT2D eigenvalue weighted by atomic mass is 10.1. The van der Waals surface area contributed by atoms with Crippen LogP contribution >= 0.6 is 47.2 Å². The van der Waals surface area contributed by atoms with E-state index in [9.17, 15) is 9.59 Å². The van der Waals surface area contributed by atoms with Gasteiger partial charge in [-0.3, -0.25) is 14.5 Å². The Morgan fingerprint density at radius 1 is 1.09 bits per heavy atom. The zero-order valence-electron chi connectivity index (χ0n) is 18.8. The van der Waals surface area contributed by atoms with Crippen molar-refractivity contribution in [2.75, 3.05) is 16.8 Å². The summed E-state index contributed by atoms with van der Waals surface area (Å²) in [4.78, 5) is 27.2. The molecule has 0 bridgehead atoms. The van der Waals surface area contributed by atoms with Gasteiger partial charge in [0.1, 0.15) is 5.75 Å². The van der Waals surface area contributed by atoms with E-state index in [0.717, 1.165) is 16.8 Å². The highest BCUT2D eigenvalue weighted by Crippen LogP contribution is 2.37. The SMILES string of the molecule is Cc1ccc(NC(=O)COc2ccc(/C=C3\SC(=S)N(c4ccc(Cl)cc4)C3=O)cc2Cl)c(C)c1. The van der Waals surface area contributed by atoms with E-state index in [1.165, 1.54) is 16.7 Å². The molecule has 1 aliphatic heterocycles. The average Bonchev–Trinajstić information content (AvgIpc) is 3.08. The molecule has 1 N–H and O–H groups in total. The minimum Gasteiger partial charge on any atom is -0.482 e. The van der Waals surface area contributed by atoms with Crippen LogP contribution in [-0.2, 0) is 9.59 Å². The number of aryl methyl sites for hydroxylation is 2. The summed E-state index contributed by atoms with van der Waals surface area (Å²) in [5.41, 5.74) is 4.19. The van der Waals surface area contributed by atoms with Crippen molar-refractivity contribution < 1.29 is 14.3 Å². The van der Waals surface area contributed by atoms with Crippen LogP contribution in [0.4, 0.5) is 11.4 Å². The number of amides is 2. The lowest BCUT2D eigenvalue weighted by Crippen LogP contribution is -2.27. The van der Waals surface area contributed by atoms with Gasteiger partial charge in [0.2, 0.25) is 0 Å². The molecule has 0 saturated carbocycles. The summed E-state index contributed by atoms with van der Waals surface area (Å²) in [5.74, 6) is -0.141. The number of hydrogen-bond acceptors (Lipinski definition) is 5. The van der Waals surface area contributed by atoms with Gasteiger partial charge in [0.15, 0.2) is 10.9 Å². The molecule has 2 amide bonds. The number of thiocarbonyl (C=S) groups is 1. The van der Waals surface area contributed by atoms with Crippen LogP contribution in [0.15, 0.2) is 65.6 Å². The third kappa shape index (κ3) is 6.05. The van der Waals surface area contributed by atoms with Crippen LogP contribution < -0.4 is 15.0 Å². The van der Waals surface area contributed by atoms with Gasteiger partial charge in [-0.05, 0) is 73.5 Å². The van der Waals surface area contributed by atoms with Gasteiger partial charge in [-0.25, -0.2) is 0 Å². The van der Waals surface area contributed by atoms with Crippen LogP contribution in [0.5, 0.6) is 5.75 Å². The molecule has 9 heteroatoms. The number of ether oxygens (including phenoxy) is 1. The second-order valence-electron chi connectivity index (χ2n) is 7.84. The Kier molecular flexibility index (Phi) is 7.82. The number of halogens is 2. The molecule has 0 atom stereocenters. The number of rotatable bonds is 6. The van der Waals surface area contributed by atoms with E-state index in [-0.39, 0.29) is 18.4 Å². The normalized spacial score (nSPS) is 14.5. The molecule has 1 saturated heterocycles. The van der Waals surface area contributed by atoms with Crippen LogP contribution in [0, 0.1) is 13.8 Å². The molecule has 0 spiro atoms. The van der Waals surface area contributed by atoms with Crippen LogP contribution in [-0.4, -0.2) is 22.7 Å². The Balaban J connectivity index is 1.41. The van der Waals surface area contributed by atoms with Crippen molar-refractivity contribution in [3.63, 3.8) is 0 Å². The van der Waals surface area contributed by atoms with Crippen molar-refractivity contribution in [3.8, 4) is 5.75 Å². The van der Waals surface area contributed by atoms with Crippen LogP contribution in [0.3, 0.4) is 0 Å². The number of anilines is 2. The molecular formula is C26H20Cl2N2O3S2. The summed E-state index contributed by atoms with van der Waals surface area (Å²) in [5, 5.41) is 3.74. The Morgan fingerprint density at radius 3 is 2.51 bits per heavy atom. The van der Waals surface area contributed by atoms with E-state index >= 15 is 0 Å². The van der Waals surface area contributed by atoms with Gasteiger partial charge in [-0.1, -0.05) is 70.9 Å². The molecule has 5 nitrogen and oxygen atoms in total. The molecular weight excluding hydrogens is 523 g/mol. The van der Waals surface area contributed by atoms with E-state index in [2.05, 4.69) is 5.32 Å². The molecule has 0 unspecified atom stereocenters. The molecule has 0 aliphatic carbocycles. The molecule has 35 heavy (non-hydrogen) atoms. The van der Waals surface area contributed by atoms with Crippen molar-refractivity contribution in [2.24, 2.45) is 0 Å². The maximum Gasteiger partial charge on any atom is 0.270 e. The fourth-order valence-corrected chi connectivity index (χ4v) is 5.11. The quantitative estimate of drug-likeness (QED) is 0.267. The monoisotopic (exact) mass is 542 g/mol. The summed E-state index contributed by atoms with van der Waals surface area (Å²) >= 11 is 18.9. The topological polar surface area (TPSA) is 58.6 Å². The van der Waals surface area contributed by atoms with Crippen molar-refractivity contribution in [2.45, 2.75) is 13.8 Å². The number of thioether (sulfide) groups is 1. The van der Waals surface area contributed by atoms with Gasteiger partial charge in [0.25, 0.3) is 11.8 Å². The van der Waals surface area contributed by atoms with Gasteiger partial charge in [-0.15, -0.1) is 0 Å². The summed E-state index contributed by atoms with van der Waals surface area (Å²) in [6, 6.07) is 17.8. The molecule has 3 aromatic carbocycles. The maximum atomic E-state index is 12.9. The number of nitrogens with one attached hydrogen (secondary N) is 1. The third-order valence-electron chi connectivity index (χ3n) is 5.15. The van der Waals surface area contributed by atoms with Gasteiger partial charge in [0.05, 0.1) is 15.6 Å². The van der Waals surface area contributed by atoms with E-state index in [4.69, 9.17) is 40.2 Å². The van der Waals surface area contributed by atoms with E-state index < -0.39 is 0 Å². The second kappa shape index (κ2) is 10.8. The van der Waals surface area contributed by atoms with Gasteiger partial charge in [0, 0.05) is 10.7 Å². The second-order valence-corrected chi connectivity index (χ2v) is 10.4. The van der Waals surface area contributed by atoms with Gasteiger partial charge < -0.3 is 10.1 Å². The molecule has 0 radical (unpaired) electrons. The number of carbonyl (C=O) groups excluding carboxylic acids is 2. The fourth-order valence-electron chi connectivity index (χ4n) is 3.44. The first-order chi connectivity index (χ1) is 16.7. The molecule has 1 aliphatic rings. The van der Waals surface area contributed by atoms with Crippen LogP contribution in [0.25, 0.3) is 6.08 Å². The molecule has 4 rings (SSSR count). The number of benzene rings is 3. The largest absolute Gasteiger partial charge is 0.482 e. The molecule has 0 aromatic heterocycles. The van der Waals surface area contributed by atoms with Gasteiger partial charge in [-0.2, -0.15) is 0 Å². The summed E-state index contributed by atoms with van der Waals surface area (Å²) in [6.07, 6.45) is 1.72. The molecule has 3 aromatic rings. The fraction of sp³-hybridized carbons (Fsp3) is 0.115. The standard InChI is InChI=1S/C26H20Cl2N2O3S2/c1-15-3-9-21(16(2)11-15)29-24(31)14-33-22-10-4-17(12-20(22)28)13-23-25(32)30(26(34)35-23)19-7-5-18(27)6-8-19/h3-13H,14H2,1-2H3,(H,29,31)/b23-13-. The summed E-state index contributed by atoms with van der Waals surface area (Å²) < 4.78 is 6.04. The highest BCUT2D eigenvalue weighted by atomic mass is 35.5. The molecule has 1 fully saturated rings. The lowest BCUT2D eigenvalue weighted by Gasteiger charge is -2.14. The Morgan fingerprint density at radius 2 is 1.83 bits per heavy atom. The summed E-state index contributed by atoms with van der Waals surface area (Å²) in [6.45, 7) is 3.74. The predicted molar refractivity (Wildman–Crippen MR) is 149 cm³/mol. The first kappa shape index (κ1) is 25.3. The molecule has 1 heterocycles. The minimum absolute atomic E-state index is 0.188. The summed E-state index contributed by atoms with van der Waals surface area (Å²) in [7, 11) is 0. The van der Waals surface area contributed by atoms with Gasteiger partial charge >= 0.3 is 0 Å². The smallest absolute Gasteiger partial charge is 0.270 e. The predicted octanol–water partition coefficient (Wildman–Crippen LogP) is 7.03. The van der Waals surface area contributed by atoms with Crippen LogP contribution in [0.2, 0.25) is 10.0 Å². The van der Waals surface area contributed by atoms with Crippen molar-refractivity contribution in [1.29, 1.82) is 0 Å². The maximum absolute atomic E-state index is 12.9. The molecule has 178 valence electrons. The third-order valence-corrected chi connectivity index (χ3v) is 7.00. The zero-order valence-corrected chi connectivity index (χ0v) is 21.9.